The molecule has 2 N–H and O–H groups in total. The van der Waals surface area contributed by atoms with Gasteiger partial charge in [0, 0.05) is 37.2 Å². The van der Waals surface area contributed by atoms with Gasteiger partial charge in [-0.05, 0) is 50.7 Å². The highest BCUT2D eigenvalue weighted by Gasteiger charge is 2.05. The molecule has 2 aromatic rings. The molecular formula is C19H25N5. The fraction of sp³-hybridized carbons (Fsp3) is 0.421. The summed E-state index contributed by atoms with van der Waals surface area (Å²) in [5.41, 5.74) is 3.65. The van der Waals surface area contributed by atoms with Crippen LogP contribution in [0.2, 0.25) is 0 Å². The van der Waals surface area contributed by atoms with Crippen LogP contribution in [0.25, 0.3) is 0 Å². The Bertz CT molecular complexity index is 681. The molecule has 0 saturated carbocycles. The molecule has 0 fully saturated rings. The first kappa shape index (κ1) is 16.4. The highest BCUT2D eigenvalue weighted by molar-refractivity contribution is 5.42. The van der Waals surface area contributed by atoms with Crippen molar-refractivity contribution in [3.05, 3.63) is 53.5 Å². The van der Waals surface area contributed by atoms with Gasteiger partial charge in [0.1, 0.15) is 5.82 Å². The highest BCUT2D eigenvalue weighted by Crippen LogP contribution is 2.20. The molecule has 3 rings (SSSR count). The normalized spacial score (nSPS) is 14.1. The first-order valence-electron chi connectivity index (χ1n) is 8.70. The number of nitrogens with zero attached hydrogens (tertiary/aromatic N) is 3. The van der Waals surface area contributed by atoms with Crippen LogP contribution in [0.3, 0.4) is 0 Å². The standard InChI is InChI=1S/C19H25N5/c1-15-12-18(22-14-17-8-5-10-20-13-17)24-19(23-15)21-11-9-16-6-3-2-4-7-16/h5-6,8,10,12-13H,2-4,7,9,11,14H2,1H3,(H2,21,22,23,24). The van der Waals surface area contributed by atoms with Crippen molar-refractivity contribution in [2.24, 2.45) is 0 Å². The van der Waals surface area contributed by atoms with E-state index < -0.39 is 0 Å². The van der Waals surface area contributed by atoms with Crippen LogP contribution in [-0.4, -0.2) is 21.5 Å². The summed E-state index contributed by atoms with van der Waals surface area (Å²) < 4.78 is 0. The van der Waals surface area contributed by atoms with Crippen LogP contribution in [0.1, 0.15) is 43.4 Å². The molecule has 5 nitrogen and oxygen atoms in total. The topological polar surface area (TPSA) is 62.7 Å². The van der Waals surface area contributed by atoms with Gasteiger partial charge >= 0.3 is 0 Å². The van der Waals surface area contributed by atoms with E-state index >= 15 is 0 Å². The lowest BCUT2D eigenvalue weighted by atomic mass is 9.97. The lowest BCUT2D eigenvalue weighted by Gasteiger charge is -2.13. The molecule has 24 heavy (non-hydrogen) atoms. The molecule has 2 heterocycles. The first-order valence-corrected chi connectivity index (χ1v) is 8.70. The van der Waals surface area contributed by atoms with Gasteiger partial charge in [-0.3, -0.25) is 4.98 Å². The van der Waals surface area contributed by atoms with E-state index in [4.69, 9.17) is 0 Å². The van der Waals surface area contributed by atoms with Gasteiger partial charge in [0.15, 0.2) is 0 Å². The monoisotopic (exact) mass is 323 g/mol. The summed E-state index contributed by atoms with van der Waals surface area (Å²) in [5, 5.41) is 6.70. The van der Waals surface area contributed by atoms with Crippen molar-refractivity contribution >= 4 is 11.8 Å². The SMILES string of the molecule is Cc1cc(NCc2cccnc2)nc(NCCC2=CCCCC2)n1. The third-order valence-corrected chi connectivity index (χ3v) is 4.16. The Morgan fingerprint density at radius 3 is 2.92 bits per heavy atom. The number of hydrogen-bond acceptors (Lipinski definition) is 5. The van der Waals surface area contributed by atoms with Gasteiger partial charge in [0.2, 0.25) is 5.95 Å². The molecule has 0 spiro atoms. The van der Waals surface area contributed by atoms with Gasteiger partial charge in [-0.2, -0.15) is 4.98 Å². The average molecular weight is 323 g/mol. The van der Waals surface area contributed by atoms with Crippen molar-refractivity contribution in [3.8, 4) is 0 Å². The highest BCUT2D eigenvalue weighted by atomic mass is 15.1. The zero-order chi connectivity index (χ0) is 16.6. The maximum atomic E-state index is 4.56. The second-order valence-corrected chi connectivity index (χ2v) is 6.22. The van der Waals surface area contributed by atoms with Gasteiger partial charge in [-0.15, -0.1) is 0 Å². The Morgan fingerprint density at radius 2 is 2.12 bits per heavy atom. The minimum atomic E-state index is 0.695. The third-order valence-electron chi connectivity index (χ3n) is 4.16. The number of hydrogen-bond donors (Lipinski definition) is 2. The molecule has 0 saturated heterocycles. The van der Waals surface area contributed by atoms with E-state index in [0.29, 0.717) is 12.5 Å². The van der Waals surface area contributed by atoms with Crippen molar-refractivity contribution < 1.29 is 0 Å². The zero-order valence-corrected chi connectivity index (χ0v) is 14.3. The summed E-state index contributed by atoms with van der Waals surface area (Å²) in [6.45, 7) is 3.58. The van der Waals surface area contributed by atoms with E-state index in [0.717, 1.165) is 30.0 Å². The molecule has 0 aliphatic heterocycles. The van der Waals surface area contributed by atoms with E-state index in [2.05, 4.69) is 31.7 Å². The molecule has 0 aromatic carbocycles. The Balaban J connectivity index is 1.54. The molecule has 1 aliphatic carbocycles. The van der Waals surface area contributed by atoms with Crippen LogP contribution < -0.4 is 10.6 Å². The largest absolute Gasteiger partial charge is 0.366 e. The van der Waals surface area contributed by atoms with Gasteiger partial charge in [0.25, 0.3) is 0 Å². The molecule has 0 atom stereocenters. The third kappa shape index (κ3) is 5.05. The Kier molecular flexibility index (Phi) is 5.77. The number of pyridine rings is 1. The molecule has 5 heteroatoms. The van der Waals surface area contributed by atoms with Crippen molar-refractivity contribution in [1.82, 2.24) is 15.0 Å². The number of rotatable bonds is 7. The van der Waals surface area contributed by atoms with Gasteiger partial charge in [-0.25, -0.2) is 4.98 Å². The number of aryl methyl sites for hydroxylation is 1. The summed E-state index contributed by atoms with van der Waals surface area (Å²) in [4.78, 5) is 13.2. The van der Waals surface area contributed by atoms with Crippen LogP contribution in [0.4, 0.5) is 11.8 Å². The quantitative estimate of drug-likeness (QED) is 0.751. The smallest absolute Gasteiger partial charge is 0.224 e. The number of allylic oxidation sites excluding steroid dienone is 1. The molecule has 0 radical (unpaired) electrons. The zero-order valence-electron chi connectivity index (χ0n) is 14.3. The Labute approximate surface area is 143 Å². The summed E-state index contributed by atoms with van der Waals surface area (Å²) in [7, 11) is 0. The van der Waals surface area contributed by atoms with Crippen LogP contribution in [0, 0.1) is 6.92 Å². The predicted molar refractivity (Wildman–Crippen MR) is 98.0 cm³/mol. The van der Waals surface area contributed by atoms with Crippen molar-refractivity contribution in [2.45, 2.75) is 45.6 Å². The average Bonchev–Trinajstić information content (AvgIpc) is 2.61. The van der Waals surface area contributed by atoms with E-state index in [1.807, 2.05) is 31.3 Å². The van der Waals surface area contributed by atoms with E-state index in [1.54, 1.807) is 11.8 Å². The van der Waals surface area contributed by atoms with Crippen LogP contribution in [0.15, 0.2) is 42.2 Å². The molecule has 2 aromatic heterocycles. The minimum absolute atomic E-state index is 0.695. The fourth-order valence-electron chi connectivity index (χ4n) is 2.90. The van der Waals surface area contributed by atoms with E-state index in [9.17, 15) is 0 Å². The molecule has 0 unspecified atom stereocenters. The van der Waals surface area contributed by atoms with Crippen LogP contribution >= 0.6 is 0 Å². The van der Waals surface area contributed by atoms with Crippen molar-refractivity contribution in [1.29, 1.82) is 0 Å². The number of aromatic nitrogens is 3. The second-order valence-electron chi connectivity index (χ2n) is 6.22. The van der Waals surface area contributed by atoms with Gasteiger partial charge < -0.3 is 10.6 Å². The van der Waals surface area contributed by atoms with Crippen LogP contribution in [-0.2, 0) is 6.54 Å². The molecule has 0 bridgehead atoms. The summed E-state index contributed by atoms with van der Waals surface area (Å²) in [6, 6.07) is 5.95. The van der Waals surface area contributed by atoms with Gasteiger partial charge in [0.05, 0.1) is 0 Å². The predicted octanol–water partition coefficient (Wildman–Crippen LogP) is 4.09. The summed E-state index contributed by atoms with van der Waals surface area (Å²) in [5.74, 6) is 1.53. The molecule has 126 valence electrons. The lowest BCUT2D eigenvalue weighted by Crippen LogP contribution is -2.10. The van der Waals surface area contributed by atoms with E-state index in [1.165, 1.54) is 25.7 Å². The lowest BCUT2D eigenvalue weighted by molar-refractivity contribution is 0.679. The summed E-state index contributed by atoms with van der Waals surface area (Å²) >= 11 is 0. The maximum absolute atomic E-state index is 4.56. The first-order chi connectivity index (χ1) is 11.8. The molecule has 1 aliphatic rings. The van der Waals surface area contributed by atoms with E-state index in [-0.39, 0.29) is 0 Å². The van der Waals surface area contributed by atoms with Crippen molar-refractivity contribution in [3.63, 3.8) is 0 Å². The van der Waals surface area contributed by atoms with Gasteiger partial charge in [-0.1, -0.05) is 17.7 Å². The molecular weight excluding hydrogens is 298 g/mol. The Morgan fingerprint density at radius 1 is 1.17 bits per heavy atom. The minimum Gasteiger partial charge on any atom is -0.366 e. The maximum Gasteiger partial charge on any atom is 0.224 e. The Hall–Kier alpha value is -2.43. The number of nitrogens with one attached hydrogen (secondary N) is 2. The fourth-order valence-corrected chi connectivity index (χ4v) is 2.90. The second kappa shape index (κ2) is 8.43. The van der Waals surface area contributed by atoms with Crippen molar-refractivity contribution in [2.75, 3.05) is 17.2 Å². The molecule has 0 amide bonds. The van der Waals surface area contributed by atoms with Crippen LogP contribution in [0.5, 0.6) is 0 Å². The summed E-state index contributed by atoms with van der Waals surface area (Å²) in [6.07, 6.45) is 12.3. The number of anilines is 2.